The second kappa shape index (κ2) is 5.28. The lowest BCUT2D eigenvalue weighted by Crippen LogP contribution is -2.51. The summed E-state index contributed by atoms with van der Waals surface area (Å²) in [7, 11) is 4.43. The van der Waals surface area contributed by atoms with E-state index in [9.17, 15) is 0 Å². The number of rotatable bonds is 4. The maximum atomic E-state index is 4.56. The van der Waals surface area contributed by atoms with Crippen LogP contribution in [0.2, 0.25) is 0 Å². The molecule has 3 heteroatoms. The van der Waals surface area contributed by atoms with Crippen molar-refractivity contribution in [2.24, 2.45) is 5.41 Å². The maximum absolute atomic E-state index is 4.56. The predicted molar refractivity (Wildman–Crippen MR) is 73.3 cm³/mol. The molecule has 0 aromatic rings. The van der Waals surface area contributed by atoms with E-state index in [0.717, 1.165) is 11.8 Å². The molecule has 1 saturated heterocycles. The first-order valence-electron chi connectivity index (χ1n) is 6.65. The molecule has 1 unspecified atom stereocenters. The van der Waals surface area contributed by atoms with Crippen LogP contribution in [0.15, 0.2) is 0 Å². The van der Waals surface area contributed by atoms with Crippen LogP contribution in [0.4, 0.5) is 0 Å². The molecule has 0 aromatic heterocycles. The van der Waals surface area contributed by atoms with Gasteiger partial charge in [-0.15, -0.1) is 0 Å². The van der Waals surface area contributed by atoms with E-state index in [0.29, 0.717) is 5.41 Å². The van der Waals surface area contributed by atoms with Gasteiger partial charge in [0.15, 0.2) is 0 Å². The molecule has 1 heterocycles. The van der Waals surface area contributed by atoms with Gasteiger partial charge in [0.25, 0.3) is 0 Å². The number of likely N-dealkylation sites (N-methyl/N-ethyl adjacent to an activating group) is 1. The molecule has 0 amide bonds. The van der Waals surface area contributed by atoms with Gasteiger partial charge in [-0.3, -0.25) is 0 Å². The van der Waals surface area contributed by atoms with Crippen LogP contribution in [-0.4, -0.2) is 55.3 Å². The fraction of sp³-hybridized carbons (Fsp3) is 1.00. The minimum Gasteiger partial charge on any atom is -0.305 e. The summed E-state index contributed by atoms with van der Waals surface area (Å²) in [6.07, 6.45) is 6.97. The Labute approximate surface area is 106 Å². The topological polar surface area (TPSA) is 6.48 Å². The number of hydrogen-bond donors (Lipinski definition) is 1. The van der Waals surface area contributed by atoms with Gasteiger partial charge in [-0.2, -0.15) is 12.6 Å². The van der Waals surface area contributed by atoms with E-state index in [1.54, 1.807) is 0 Å². The fourth-order valence-corrected chi connectivity index (χ4v) is 3.53. The van der Waals surface area contributed by atoms with Gasteiger partial charge in [-0.1, -0.05) is 6.42 Å². The standard InChI is InChI=1S/C13H26N2S/c1-14(2)12-5-3-8-15(9-12)10-13(11-16)6-4-7-13/h12,16H,3-11H2,1-2H3. The Kier molecular flexibility index (Phi) is 4.20. The summed E-state index contributed by atoms with van der Waals surface area (Å²) >= 11 is 4.56. The monoisotopic (exact) mass is 242 g/mol. The Hall–Kier alpha value is 0.270. The van der Waals surface area contributed by atoms with E-state index in [1.807, 2.05) is 0 Å². The van der Waals surface area contributed by atoms with Crippen molar-refractivity contribution in [3.8, 4) is 0 Å². The van der Waals surface area contributed by atoms with Gasteiger partial charge >= 0.3 is 0 Å². The lowest BCUT2D eigenvalue weighted by atomic mass is 9.69. The van der Waals surface area contributed by atoms with E-state index < -0.39 is 0 Å². The largest absolute Gasteiger partial charge is 0.305 e. The molecule has 1 aliphatic heterocycles. The summed E-state index contributed by atoms with van der Waals surface area (Å²) in [5, 5.41) is 0. The van der Waals surface area contributed by atoms with Crippen LogP contribution < -0.4 is 0 Å². The average Bonchev–Trinajstić information content (AvgIpc) is 2.24. The van der Waals surface area contributed by atoms with Crippen LogP contribution in [-0.2, 0) is 0 Å². The highest BCUT2D eigenvalue weighted by Gasteiger charge is 2.38. The summed E-state index contributed by atoms with van der Waals surface area (Å²) in [6, 6.07) is 0.769. The number of likely N-dealkylation sites (tertiary alicyclic amines) is 1. The Balaban J connectivity index is 1.85. The van der Waals surface area contributed by atoms with Gasteiger partial charge in [0.1, 0.15) is 0 Å². The molecule has 0 N–H and O–H groups in total. The first-order valence-corrected chi connectivity index (χ1v) is 7.28. The second-order valence-electron chi connectivity index (χ2n) is 6.01. The van der Waals surface area contributed by atoms with E-state index in [-0.39, 0.29) is 0 Å². The number of piperidine rings is 1. The maximum Gasteiger partial charge on any atom is 0.0217 e. The van der Waals surface area contributed by atoms with Crippen molar-refractivity contribution >= 4 is 12.6 Å². The number of hydrogen-bond acceptors (Lipinski definition) is 3. The molecule has 2 nitrogen and oxygen atoms in total. The van der Waals surface area contributed by atoms with Crippen LogP contribution >= 0.6 is 12.6 Å². The van der Waals surface area contributed by atoms with Gasteiger partial charge in [-0.05, 0) is 57.5 Å². The van der Waals surface area contributed by atoms with Crippen LogP contribution in [0, 0.1) is 5.41 Å². The molecule has 0 bridgehead atoms. The third kappa shape index (κ3) is 2.74. The molecule has 2 aliphatic rings. The van der Waals surface area contributed by atoms with Gasteiger partial charge < -0.3 is 9.80 Å². The molecule has 0 radical (unpaired) electrons. The third-order valence-corrected chi connectivity index (χ3v) is 5.19. The summed E-state index contributed by atoms with van der Waals surface area (Å²) in [6.45, 7) is 3.86. The molecular formula is C13H26N2S. The van der Waals surface area contributed by atoms with Crippen LogP contribution in [0.25, 0.3) is 0 Å². The lowest BCUT2D eigenvalue weighted by molar-refractivity contribution is 0.0532. The molecule has 1 aliphatic carbocycles. The smallest absolute Gasteiger partial charge is 0.0217 e. The molecule has 1 saturated carbocycles. The zero-order chi connectivity index (χ0) is 11.6. The zero-order valence-corrected chi connectivity index (χ0v) is 11.7. The van der Waals surface area contributed by atoms with E-state index >= 15 is 0 Å². The normalized spacial score (nSPS) is 30.4. The highest BCUT2D eigenvalue weighted by molar-refractivity contribution is 7.80. The highest BCUT2D eigenvalue weighted by Crippen LogP contribution is 2.42. The van der Waals surface area contributed by atoms with Crippen LogP contribution in [0.5, 0.6) is 0 Å². The molecule has 0 spiro atoms. The predicted octanol–water partition coefficient (Wildman–Crippen LogP) is 2.11. The lowest BCUT2D eigenvalue weighted by Gasteiger charge is -2.46. The Morgan fingerprint density at radius 3 is 2.56 bits per heavy atom. The molecule has 2 fully saturated rings. The average molecular weight is 242 g/mol. The summed E-state index contributed by atoms with van der Waals surface area (Å²) in [5.74, 6) is 1.08. The van der Waals surface area contributed by atoms with Gasteiger partial charge in [-0.25, -0.2) is 0 Å². The van der Waals surface area contributed by atoms with E-state index in [2.05, 4.69) is 36.5 Å². The Bertz CT molecular complexity index is 220. The van der Waals surface area contributed by atoms with E-state index in [1.165, 1.54) is 51.7 Å². The van der Waals surface area contributed by atoms with Crippen LogP contribution in [0.1, 0.15) is 32.1 Å². The highest BCUT2D eigenvalue weighted by atomic mass is 32.1. The van der Waals surface area contributed by atoms with Crippen molar-refractivity contribution in [3.63, 3.8) is 0 Å². The minimum atomic E-state index is 0.567. The minimum absolute atomic E-state index is 0.567. The van der Waals surface area contributed by atoms with Crippen molar-refractivity contribution in [2.45, 2.75) is 38.1 Å². The molecule has 16 heavy (non-hydrogen) atoms. The zero-order valence-electron chi connectivity index (χ0n) is 10.8. The van der Waals surface area contributed by atoms with Crippen molar-refractivity contribution in [1.82, 2.24) is 9.80 Å². The van der Waals surface area contributed by atoms with Crippen molar-refractivity contribution in [3.05, 3.63) is 0 Å². The number of thiol groups is 1. The molecule has 1 atom stereocenters. The summed E-state index contributed by atoms with van der Waals surface area (Å²) in [5.41, 5.74) is 0.567. The SMILES string of the molecule is CN(C)C1CCCN(CC2(CS)CCC2)C1. The number of nitrogens with zero attached hydrogens (tertiary/aromatic N) is 2. The van der Waals surface area contributed by atoms with Crippen LogP contribution in [0.3, 0.4) is 0 Å². The third-order valence-electron chi connectivity index (χ3n) is 4.52. The van der Waals surface area contributed by atoms with Gasteiger partial charge in [0.05, 0.1) is 0 Å². The van der Waals surface area contributed by atoms with Gasteiger partial charge in [0.2, 0.25) is 0 Å². The fourth-order valence-electron chi connectivity index (χ4n) is 3.11. The summed E-state index contributed by atoms with van der Waals surface area (Å²) < 4.78 is 0. The Morgan fingerprint density at radius 1 is 1.31 bits per heavy atom. The van der Waals surface area contributed by atoms with Crippen molar-refractivity contribution in [2.75, 3.05) is 39.5 Å². The van der Waals surface area contributed by atoms with Crippen molar-refractivity contribution < 1.29 is 0 Å². The molecule has 0 aromatic carbocycles. The van der Waals surface area contributed by atoms with Crippen molar-refractivity contribution in [1.29, 1.82) is 0 Å². The molecular weight excluding hydrogens is 216 g/mol. The first-order chi connectivity index (χ1) is 7.65. The molecule has 2 rings (SSSR count). The Morgan fingerprint density at radius 2 is 2.06 bits per heavy atom. The quantitative estimate of drug-likeness (QED) is 0.754. The van der Waals surface area contributed by atoms with E-state index in [4.69, 9.17) is 0 Å². The second-order valence-corrected chi connectivity index (χ2v) is 6.32. The summed E-state index contributed by atoms with van der Waals surface area (Å²) in [4.78, 5) is 5.07. The molecule has 94 valence electrons. The van der Waals surface area contributed by atoms with Gasteiger partial charge in [0, 0.05) is 19.1 Å². The first kappa shape index (κ1) is 12.7.